The summed E-state index contributed by atoms with van der Waals surface area (Å²) in [5.41, 5.74) is 1.34. The van der Waals surface area contributed by atoms with E-state index in [1.807, 2.05) is 12.1 Å². The highest BCUT2D eigenvalue weighted by Gasteiger charge is 2.10. The van der Waals surface area contributed by atoms with Crippen LogP contribution in [0.1, 0.15) is 0 Å². The van der Waals surface area contributed by atoms with Gasteiger partial charge in [0.15, 0.2) is 11.0 Å². The maximum Gasteiger partial charge on any atom is 0.316 e. The van der Waals surface area contributed by atoms with Crippen molar-refractivity contribution in [2.45, 2.75) is 5.16 Å². The van der Waals surface area contributed by atoms with Crippen LogP contribution in [0.3, 0.4) is 0 Å². The fraction of sp³-hybridized carbons (Fsp3) is 0.143. The molecule has 0 saturated heterocycles. The third-order valence-electron chi connectivity index (χ3n) is 2.44. The van der Waals surface area contributed by atoms with Crippen LogP contribution in [0.25, 0.3) is 11.4 Å². The summed E-state index contributed by atoms with van der Waals surface area (Å²) in [5, 5.41) is 0.386. The molecule has 0 aliphatic rings. The highest BCUT2D eigenvalue weighted by Crippen LogP contribution is 2.19. The molecule has 2 aromatic heterocycles. The van der Waals surface area contributed by atoms with Gasteiger partial charge in [0.05, 0.1) is 17.1 Å². The number of halogens is 3. The predicted octanol–water partition coefficient (Wildman–Crippen LogP) is 3.79. The lowest BCUT2D eigenvalue weighted by Gasteiger charge is -2.04. The van der Waals surface area contributed by atoms with E-state index >= 15 is 0 Å². The van der Waals surface area contributed by atoms with E-state index in [1.54, 1.807) is 24.5 Å². The highest BCUT2D eigenvalue weighted by molar-refractivity contribution is 7.99. The van der Waals surface area contributed by atoms with Gasteiger partial charge < -0.3 is 4.74 Å². The zero-order valence-corrected chi connectivity index (χ0v) is 13.9. The number of nitrogens with zero attached hydrogens (tertiary/aromatic N) is 3. The Kier molecular flexibility index (Phi) is 6.76. The van der Waals surface area contributed by atoms with E-state index in [2.05, 4.69) is 19.7 Å². The monoisotopic (exact) mass is 373 g/mol. The Hall–Kier alpha value is -1.70. The minimum atomic E-state index is -0.903. The van der Waals surface area contributed by atoms with Crippen LogP contribution in [0.15, 0.2) is 52.1 Å². The molecule has 0 spiro atoms. The second kappa shape index (κ2) is 8.81. The fourth-order valence-electron chi connectivity index (χ4n) is 1.43. The molecule has 0 aliphatic carbocycles. The summed E-state index contributed by atoms with van der Waals surface area (Å²) in [4.78, 5) is 24.0. The third-order valence-corrected chi connectivity index (χ3v) is 3.69. The smallest absolute Gasteiger partial charge is 0.316 e. The van der Waals surface area contributed by atoms with E-state index in [9.17, 15) is 9.18 Å². The Morgan fingerprint density at radius 2 is 2.00 bits per heavy atom. The Morgan fingerprint density at radius 1 is 1.17 bits per heavy atom. The van der Waals surface area contributed by atoms with E-state index in [0.717, 1.165) is 11.8 Å². The van der Waals surface area contributed by atoms with Crippen molar-refractivity contribution in [2.75, 3.05) is 12.4 Å². The number of ether oxygens (including phenoxy) is 1. The van der Waals surface area contributed by atoms with Gasteiger partial charge in [0, 0.05) is 12.4 Å². The van der Waals surface area contributed by atoms with Gasteiger partial charge in [0.2, 0.25) is 0 Å². The standard InChI is InChI=1S/C14H10Cl2FN3O2S/c15-13(16)9(17)7-22-12(21)8-23-14-19-6-4-11(20-14)10-3-1-2-5-18-10/h1-6H,7-8H2. The maximum atomic E-state index is 13.0. The third kappa shape index (κ3) is 5.78. The van der Waals surface area contributed by atoms with Crippen molar-refractivity contribution in [3.8, 4) is 11.4 Å². The number of esters is 1. The van der Waals surface area contributed by atoms with E-state index in [1.165, 1.54) is 0 Å². The second-order valence-corrected chi connectivity index (χ2v) is 5.95. The van der Waals surface area contributed by atoms with Gasteiger partial charge in [-0.25, -0.2) is 14.4 Å². The van der Waals surface area contributed by atoms with Crippen LogP contribution in [0, 0.1) is 0 Å². The van der Waals surface area contributed by atoms with E-state index in [0.29, 0.717) is 16.5 Å². The lowest BCUT2D eigenvalue weighted by Crippen LogP contribution is -2.09. The van der Waals surface area contributed by atoms with Crippen molar-refractivity contribution < 1.29 is 13.9 Å². The molecular weight excluding hydrogens is 364 g/mol. The van der Waals surface area contributed by atoms with E-state index < -0.39 is 22.9 Å². The molecule has 5 nitrogen and oxygen atoms in total. The molecule has 0 N–H and O–H groups in total. The van der Waals surface area contributed by atoms with Gasteiger partial charge in [-0.2, -0.15) is 0 Å². The maximum absolute atomic E-state index is 13.0. The molecule has 0 amide bonds. The lowest BCUT2D eigenvalue weighted by molar-refractivity contribution is -0.139. The van der Waals surface area contributed by atoms with Crippen LogP contribution >= 0.6 is 35.0 Å². The van der Waals surface area contributed by atoms with Crippen LogP contribution in [0.5, 0.6) is 0 Å². The van der Waals surface area contributed by atoms with Gasteiger partial charge >= 0.3 is 5.97 Å². The average molecular weight is 374 g/mol. The number of carbonyl (C=O) groups excluding carboxylic acids is 1. The lowest BCUT2D eigenvalue weighted by atomic mass is 10.3. The Balaban J connectivity index is 1.91. The first kappa shape index (κ1) is 17.7. The van der Waals surface area contributed by atoms with E-state index in [4.69, 9.17) is 23.2 Å². The van der Waals surface area contributed by atoms with E-state index in [-0.39, 0.29) is 5.75 Å². The summed E-state index contributed by atoms with van der Waals surface area (Å²) < 4.78 is 17.1. The molecule has 0 radical (unpaired) electrons. The molecule has 0 aromatic carbocycles. The van der Waals surface area contributed by atoms with Crippen molar-refractivity contribution in [2.24, 2.45) is 0 Å². The number of hydrogen-bond donors (Lipinski definition) is 0. The van der Waals surface area contributed by atoms with Gasteiger partial charge in [0.25, 0.3) is 0 Å². The Bertz CT molecular complexity index is 712. The largest absolute Gasteiger partial charge is 0.458 e. The van der Waals surface area contributed by atoms with Gasteiger partial charge in [-0.15, -0.1) is 0 Å². The Morgan fingerprint density at radius 3 is 2.70 bits per heavy atom. The van der Waals surface area contributed by atoms with Crippen LogP contribution in [-0.4, -0.2) is 33.3 Å². The fourth-order valence-corrected chi connectivity index (χ4v) is 2.17. The number of rotatable bonds is 6. The van der Waals surface area contributed by atoms with Crippen LogP contribution in [0.4, 0.5) is 4.39 Å². The number of thioether (sulfide) groups is 1. The summed E-state index contributed by atoms with van der Waals surface area (Å²) in [5.74, 6) is -1.61. The predicted molar refractivity (Wildman–Crippen MR) is 86.8 cm³/mol. The first-order valence-corrected chi connectivity index (χ1v) is 8.03. The van der Waals surface area contributed by atoms with Gasteiger partial charge in [-0.05, 0) is 18.2 Å². The van der Waals surface area contributed by atoms with Gasteiger partial charge in [0.1, 0.15) is 11.1 Å². The molecule has 23 heavy (non-hydrogen) atoms. The number of carbonyl (C=O) groups is 1. The van der Waals surface area contributed by atoms with Crippen LogP contribution < -0.4 is 0 Å². The molecule has 0 saturated carbocycles. The second-order valence-electron chi connectivity index (χ2n) is 4.05. The molecule has 0 unspecified atom stereocenters. The molecule has 0 atom stereocenters. The van der Waals surface area contributed by atoms with Crippen molar-refractivity contribution in [1.29, 1.82) is 0 Å². The molecule has 0 bridgehead atoms. The van der Waals surface area contributed by atoms with Gasteiger partial charge in [-0.3, -0.25) is 9.78 Å². The zero-order chi connectivity index (χ0) is 16.7. The van der Waals surface area contributed by atoms with Crippen molar-refractivity contribution in [3.63, 3.8) is 0 Å². The molecule has 9 heteroatoms. The summed E-state index contributed by atoms with van der Waals surface area (Å²) in [6, 6.07) is 7.18. The SMILES string of the molecule is O=C(CSc1nccc(-c2ccccn2)n1)OCC(F)=C(Cl)Cl. The topological polar surface area (TPSA) is 65.0 Å². The molecular formula is C14H10Cl2FN3O2S. The Labute approximate surface area is 145 Å². The highest BCUT2D eigenvalue weighted by atomic mass is 35.5. The summed E-state index contributed by atoms with van der Waals surface area (Å²) in [7, 11) is 0. The van der Waals surface area contributed by atoms with Crippen LogP contribution in [-0.2, 0) is 9.53 Å². The van der Waals surface area contributed by atoms with Crippen LogP contribution in [0.2, 0.25) is 0 Å². The quantitative estimate of drug-likeness (QED) is 0.436. The first-order chi connectivity index (χ1) is 11.1. The molecule has 2 heterocycles. The zero-order valence-electron chi connectivity index (χ0n) is 11.6. The molecule has 0 fully saturated rings. The minimum absolute atomic E-state index is 0.0706. The van der Waals surface area contributed by atoms with Gasteiger partial charge in [-0.1, -0.05) is 41.0 Å². The number of hydrogen-bond acceptors (Lipinski definition) is 6. The van der Waals surface area contributed by atoms with Crippen molar-refractivity contribution in [3.05, 3.63) is 47.0 Å². The average Bonchev–Trinajstić information content (AvgIpc) is 2.58. The molecule has 2 rings (SSSR count). The summed E-state index contributed by atoms with van der Waals surface area (Å²) >= 11 is 11.5. The summed E-state index contributed by atoms with van der Waals surface area (Å²) in [6.07, 6.45) is 3.23. The number of aromatic nitrogens is 3. The first-order valence-electron chi connectivity index (χ1n) is 6.29. The minimum Gasteiger partial charge on any atom is -0.458 e. The summed E-state index contributed by atoms with van der Waals surface area (Å²) in [6.45, 7) is -0.601. The number of pyridine rings is 1. The normalized spacial score (nSPS) is 10.2. The van der Waals surface area contributed by atoms with Crippen molar-refractivity contribution >= 4 is 40.9 Å². The van der Waals surface area contributed by atoms with Crippen molar-refractivity contribution in [1.82, 2.24) is 15.0 Å². The molecule has 0 aliphatic heterocycles. The molecule has 2 aromatic rings. The molecule has 120 valence electrons.